The molecular weight excluding hydrogens is 304 g/mol. The molecule has 0 bridgehead atoms. The van der Waals surface area contributed by atoms with Crippen molar-refractivity contribution in [2.75, 3.05) is 0 Å². The molecule has 1 aromatic carbocycles. The number of amides is 2. The van der Waals surface area contributed by atoms with Gasteiger partial charge in [0.15, 0.2) is 0 Å². The fourth-order valence-electron chi connectivity index (χ4n) is 2.93. The first-order chi connectivity index (χ1) is 11.3. The first kappa shape index (κ1) is 18.3. The number of rotatable bonds is 5. The molecule has 2 N–H and O–H groups in total. The van der Waals surface area contributed by atoms with Crippen LogP contribution in [0, 0.1) is 0 Å². The largest absolute Gasteiger partial charge is 0.444 e. The van der Waals surface area contributed by atoms with E-state index in [2.05, 4.69) is 10.6 Å². The molecular formula is C19H28N2O3. The molecule has 1 unspecified atom stereocenters. The van der Waals surface area contributed by atoms with Gasteiger partial charge in [0.2, 0.25) is 5.91 Å². The van der Waals surface area contributed by atoms with Crippen LogP contribution in [0.15, 0.2) is 30.3 Å². The van der Waals surface area contributed by atoms with Gasteiger partial charge in [-0.2, -0.15) is 0 Å². The number of hydrogen-bond acceptors (Lipinski definition) is 3. The van der Waals surface area contributed by atoms with Gasteiger partial charge >= 0.3 is 6.09 Å². The van der Waals surface area contributed by atoms with E-state index in [-0.39, 0.29) is 18.4 Å². The number of hydrogen-bond donors (Lipinski definition) is 2. The van der Waals surface area contributed by atoms with Crippen LogP contribution in [0.2, 0.25) is 0 Å². The Bertz CT molecular complexity index is 545. The lowest BCUT2D eigenvalue weighted by molar-refractivity contribution is -0.122. The van der Waals surface area contributed by atoms with Crippen LogP contribution in [0.3, 0.4) is 0 Å². The minimum absolute atomic E-state index is 0.0354. The molecule has 1 saturated carbocycles. The molecule has 2 amide bonds. The molecule has 1 atom stereocenters. The van der Waals surface area contributed by atoms with E-state index in [4.69, 9.17) is 4.74 Å². The lowest BCUT2D eigenvalue weighted by Gasteiger charge is -2.24. The molecule has 0 heterocycles. The zero-order valence-corrected chi connectivity index (χ0v) is 14.8. The molecule has 0 saturated heterocycles. The van der Waals surface area contributed by atoms with Gasteiger partial charge in [-0.05, 0) is 39.2 Å². The molecule has 0 aliphatic heterocycles. The summed E-state index contributed by atoms with van der Waals surface area (Å²) in [5.74, 6) is -0.0354. The van der Waals surface area contributed by atoms with E-state index in [1.54, 1.807) is 0 Å². The van der Waals surface area contributed by atoms with E-state index in [0.29, 0.717) is 0 Å². The van der Waals surface area contributed by atoms with Gasteiger partial charge in [-0.1, -0.05) is 43.2 Å². The zero-order chi connectivity index (χ0) is 17.6. The van der Waals surface area contributed by atoms with Crippen molar-refractivity contribution in [2.45, 2.75) is 70.6 Å². The first-order valence-electron chi connectivity index (χ1n) is 8.67. The first-order valence-corrected chi connectivity index (χ1v) is 8.67. The molecule has 5 nitrogen and oxygen atoms in total. The van der Waals surface area contributed by atoms with Crippen molar-refractivity contribution in [1.29, 1.82) is 0 Å². The van der Waals surface area contributed by atoms with E-state index in [9.17, 15) is 9.59 Å². The maximum Gasteiger partial charge on any atom is 0.408 e. The average Bonchev–Trinajstić information content (AvgIpc) is 2.98. The zero-order valence-electron chi connectivity index (χ0n) is 14.8. The highest BCUT2D eigenvalue weighted by Gasteiger charge is 2.24. The molecule has 5 heteroatoms. The minimum Gasteiger partial charge on any atom is -0.444 e. The standard InChI is InChI=1S/C19H28N2O3/c1-19(2,3)24-18(23)21-16(14-9-5-4-6-10-14)13-17(22)20-15-11-7-8-12-15/h4-6,9-10,15-16H,7-8,11-13H2,1-3H3,(H,20,22)(H,21,23). The average molecular weight is 332 g/mol. The third-order valence-electron chi connectivity index (χ3n) is 4.00. The molecule has 24 heavy (non-hydrogen) atoms. The van der Waals surface area contributed by atoms with Crippen LogP contribution in [0.5, 0.6) is 0 Å². The van der Waals surface area contributed by atoms with Crippen LogP contribution < -0.4 is 10.6 Å². The van der Waals surface area contributed by atoms with Gasteiger partial charge < -0.3 is 15.4 Å². The van der Waals surface area contributed by atoms with E-state index in [0.717, 1.165) is 18.4 Å². The molecule has 132 valence electrons. The van der Waals surface area contributed by atoms with Crippen molar-refractivity contribution in [3.8, 4) is 0 Å². The van der Waals surface area contributed by atoms with Crippen LogP contribution in [0.1, 0.15) is 64.5 Å². The predicted molar refractivity (Wildman–Crippen MR) is 93.6 cm³/mol. The third-order valence-corrected chi connectivity index (χ3v) is 4.00. The smallest absolute Gasteiger partial charge is 0.408 e. The van der Waals surface area contributed by atoms with Crippen LogP contribution in [-0.4, -0.2) is 23.6 Å². The van der Waals surface area contributed by atoms with Crippen LogP contribution >= 0.6 is 0 Å². The Balaban J connectivity index is 2.00. The molecule has 0 spiro atoms. The van der Waals surface area contributed by atoms with Crippen molar-refractivity contribution in [3.63, 3.8) is 0 Å². The van der Waals surface area contributed by atoms with Gasteiger partial charge in [0, 0.05) is 6.04 Å². The summed E-state index contributed by atoms with van der Waals surface area (Å²) in [7, 11) is 0. The summed E-state index contributed by atoms with van der Waals surface area (Å²) in [6.45, 7) is 5.45. The predicted octanol–water partition coefficient (Wildman–Crippen LogP) is 3.70. The van der Waals surface area contributed by atoms with Crippen molar-refractivity contribution < 1.29 is 14.3 Å². The Labute approximate surface area is 144 Å². The summed E-state index contributed by atoms with van der Waals surface area (Å²) in [6, 6.07) is 9.39. The van der Waals surface area contributed by atoms with Gasteiger partial charge in [-0.25, -0.2) is 4.79 Å². The monoisotopic (exact) mass is 332 g/mol. The van der Waals surface area contributed by atoms with E-state index >= 15 is 0 Å². The summed E-state index contributed by atoms with van der Waals surface area (Å²) in [4.78, 5) is 24.4. The third kappa shape index (κ3) is 6.22. The highest BCUT2D eigenvalue weighted by Crippen LogP contribution is 2.20. The summed E-state index contributed by atoms with van der Waals surface area (Å²) < 4.78 is 5.32. The Morgan fingerprint density at radius 2 is 1.79 bits per heavy atom. The molecule has 1 aromatic rings. The number of carbonyl (C=O) groups is 2. The molecule has 1 fully saturated rings. The fraction of sp³-hybridized carbons (Fsp3) is 0.579. The second-order valence-corrected chi connectivity index (χ2v) is 7.36. The Kier molecular flexibility index (Phi) is 6.23. The highest BCUT2D eigenvalue weighted by atomic mass is 16.6. The maximum atomic E-state index is 12.3. The number of carbonyl (C=O) groups excluding carboxylic acids is 2. The second-order valence-electron chi connectivity index (χ2n) is 7.36. The summed E-state index contributed by atoms with van der Waals surface area (Å²) in [5.41, 5.74) is 0.321. The summed E-state index contributed by atoms with van der Waals surface area (Å²) in [5, 5.41) is 5.89. The lowest BCUT2D eigenvalue weighted by atomic mass is 10.0. The van der Waals surface area contributed by atoms with E-state index in [1.165, 1.54) is 12.8 Å². The van der Waals surface area contributed by atoms with Crippen LogP contribution in [0.4, 0.5) is 4.79 Å². The van der Waals surface area contributed by atoms with E-state index in [1.807, 2.05) is 51.1 Å². The number of nitrogens with one attached hydrogen (secondary N) is 2. The Morgan fingerprint density at radius 1 is 1.17 bits per heavy atom. The lowest BCUT2D eigenvalue weighted by Crippen LogP contribution is -2.39. The quantitative estimate of drug-likeness (QED) is 0.864. The molecule has 2 rings (SSSR count). The molecule has 1 aliphatic rings. The van der Waals surface area contributed by atoms with Crippen molar-refractivity contribution in [1.82, 2.24) is 10.6 Å². The number of benzene rings is 1. The van der Waals surface area contributed by atoms with Gasteiger partial charge in [0.05, 0.1) is 12.5 Å². The Hall–Kier alpha value is -2.04. The van der Waals surface area contributed by atoms with Gasteiger partial charge in [-0.15, -0.1) is 0 Å². The topological polar surface area (TPSA) is 67.4 Å². The molecule has 0 radical (unpaired) electrons. The molecule has 0 aromatic heterocycles. The van der Waals surface area contributed by atoms with Gasteiger partial charge in [0.1, 0.15) is 5.60 Å². The summed E-state index contributed by atoms with van der Waals surface area (Å²) in [6.07, 6.45) is 4.12. The van der Waals surface area contributed by atoms with Crippen LogP contribution in [-0.2, 0) is 9.53 Å². The van der Waals surface area contributed by atoms with Crippen molar-refractivity contribution in [2.24, 2.45) is 0 Å². The number of alkyl carbamates (subject to hydrolysis) is 1. The van der Waals surface area contributed by atoms with Gasteiger partial charge in [-0.3, -0.25) is 4.79 Å². The Morgan fingerprint density at radius 3 is 2.38 bits per heavy atom. The normalized spacial score (nSPS) is 16.5. The van der Waals surface area contributed by atoms with Crippen molar-refractivity contribution >= 4 is 12.0 Å². The van der Waals surface area contributed by atoms with Crippen LogP contribution in [0.25, 0.3) is 0 Å². The maximum absolute atomic E-state index is 12.3. The second kappa shape index (κ2) is 8.18. The summed E-state index contributed by atoms with van der Waals surface area (Å²) >= 11 is 0. The minimum atomic E-state index is -0.572. The van der Waals surface area contributed by atoms with Crippen molar-refractivity contribution in [3.05, 3.63) is 35.9 Å². The molecule has 1 aliphatic carbocycles. The highest BCUT2D eigenvalue weighted by molar-refractivity contribution is 5.78. The fourth-order valence-corrected chi connectivity index (χ4v) is 2.93. The van der Waals surface area contributed by atoms with Gasteiger partial charge in [0.25, 0.3) is 0 Å². The number of ether oxygens (including phenoxy) is 1. The SMILES string of the molecule is CC(C)(C)OC(=O)NC(CC(=O)NC1CCCC1)c1ccccc1. The van der Waals surface area contributed by atoms with E-state index < -0.39 is 17.7 Å².